The highest BCUT2D eigenvalue weighted by Crippen LogP contribution is 2.43. The van der Waals surface area contributed by atoms with E-state index in [1.54, 1.807) is 6.20 Å². The van der Waals surface area contributed by atoms with E-state index in [0.29, 0.717) is 12.5 Å². The van der Waals surface area contributed by atoms with Gasteiger partial charge in [0.2, 0.25) is 0 Å². The third kappa shape index (κ3) is 5.10. The van der Waals surface area contributed by atoms with Crippen LogP contribution in [0.5, 0.6) is 0 Å². The van der Waals surface area contributed by atoms with E-state index >= 15 is 0 Å². The molecule has 1 fully saturated rings. The van der Waals surface area contributed by atoms with Crippen LogP contribution in [0.15, 0.2) is 42.7 Å². The Morgan fingerprint density at radius 3 is 2.81 bits per heavy atom. The highest BCUT2D eigenvalue weighted by atomic mass is 16.3. The molecule has 2 aromatic rings. The molecule has 1 aliphatic carbocycles. The van der Waals surface area contributed by atoms with Crippen LogP contribution in [0, 0.1) is 11.3 Å². The normalized spacial score (nSPS) is 24.4. The fourth-order valence-electron chi connectivity index (χ4n) is 4.73. The van der Waals surface area contributed by atoms with E-state index in [4.69, 9.17) is 0 Å². The van der Waals surface area contributed by atoms with Crippen molar-refractivity contribution in [2.24, 2.45) is 11.3 Å². The number of hydrogen-bond acceptors (Lipinski definition) is 3. The Balaban J connectivity index is 1.66. The van der Waals surface area contributed by atoms with Crippen molar-refractivity contribution < 1.29 is 9.90 Å². The van der Waals surface area contributed by atoms with Crippen molar-refractivity contribution in [1.29, 1.82) is 0 Å². The molecule has 1 aromatic heterocycles. The number of hydrogen-bond donors (Lipinski definition) is 3. The topological polar surface area (TPSA) is 79.2 Å². The largest absolute Gasteiger partial charge is 0.394 e. The van der Waals surface area contributed by atoms with Crippen LogP contribution in [-0.2, 0) is 6.54 Å². The third-order valence-electron chi connectivity index (χ3n) is 5.23. The number of carbonyl (C=O) groups excluding carboxylic acids is 1. The molecule has 0 bridgehead atoms. The van der Waals surface area contributed by atoms with Gasteiger partial charge in [-0.05, 0) is 54.4 Å². The molecule has 1 heterocycles. The summed E-state index contributed by atoms with van der Waals surface area (Å²) in [6.45, 7) is 7.18. The van der Waals surface area contributed by atoms with E-state index in [-0.39, 0.29) is 18.1 Å². The molecule has 1 aromatic carbocycles. The van der Waals surface area contributed by atoms with Crippen molar-refractivity contribution in [3.8, 4) is 0 Å². The van der Waals surface area contributed by atoms with Crippen molar-refractivity contribution in [3.63, 3.8) is 0 Å². The summed E-state index contributed by atoms with van der Waals surface area (Å²) in [5, 5.41) is 20.2. The number of aliphatic hydroxyl groups is 1. The number of nitrogens with one attached hydrogen (secondary N) is 2. The van der Waals surface area contributed by atoms with E-state index in [1.165, 1.54) is 0 Å². The van der Waals surface area contributed by atoms with E-state index in [1.807, 2.05) is 41.2 Å². The second kappa shape index (κ2) is 7.72. The van der Waals surface area contributed by atoms with Crippen LogP contribution in [-0.4, -0.2) is 33.1 Å². The number of carbonyl (C=O) groups is 1. The van der Waals surface area contributed by atoms with Crippen LogP contribution in [0.2, 0.25) is 0 Å². The van der Waals surface area contributed by atoms with Gasteiger partial charge in [0.25, 0.3) is 0 Å². The SMILES string of the molecule is C[C@H]1CC(C)(C)C[C@](CO)(NC(=O)Nc2cccc(Cn3cccn3)c2)C1. The minimum atomic E-state index is -0.572. The van der Waals surface area contributed by atoms with Gasteiger partial charge in [-0.1, -0.05) is 32.9 Å². The molecule has 2 amide bonds. The molecule has 6 heteroatoms. The number of nitrogens with zero attached hydrogens (tertiary/aromatic N) is 2. The molecule has 0 unspecified atom stereocenters. The lowest BCUT2D eigenvalue weighted by atomic mass is 9.64. The number of aromatic nitrogens is 2. The molecule has 27 heavy (non-hydrogen) atoms. The summed E-state index contributed by atoms with van der Waals surface area (Å²) in [4.78, 5) is 12.6. The molecule has 146 valence electrons. The fourth-order valence-corrected chi connectivity index (χ4v) is 4.73. The van der Waals surface area contributed by atoms with Crippen molar-refractivity contribution in [1.82, 2.24) is 15.1 Å². The number of anilines is 1. The average molecular weight is 370 g/mol. The summed E-state index contributed by atoms with van der Waals surface area (Å²) >= 11 is 0. The standard InChI is InChI=1S/C21H30N4O2/c1-16-11-20(2,3)14-21(12-16,15-26)24-19(27)23-18-7-4-6-17(10-18)13-25-9-5-8-22-25/h4-10,16,26H,11-15H2,1-3H3,(H2,23,24,27)/t16-,21+/m0/s1. The van der Waals surface area contributed by atoms with Gasteiger partial charge in [0.1, 0.15) is 0 Å². The van der Waals surface area contributed by atoms with Gasteiger partial charge >= 0.3 is 6.03 Å². The summed E-state index contributed by atoms with van der Waals surface area (Å²) in [7, 11) is 0. The monoisotopic (exact) mass is 370 g/mol. The van der Waals surface area contributed by atoms with Gasteiger partial charge < -0.3 is 15.7 Å². The van der Waals surface area contributed by atoms with Crippen molar-refractivity contribution >= 4 is 11.7 Å². The van der Waals surface area contributed by atoms with Crippen LogP contribution in [0.4, 0.5) is 10.5 Å². The summed E-state index contributed by atoms with van der Waals surface area (Å²) in [6.07, 6.45) is 6.32. The predicted octanol–water partition coefficient (Wildman–Crippen LogP) is 3.63. The second-order valence-electron chi connectivity index (χ2n) is 8.78. The molecule has 0 aliphatic heterocycles. The van der Waals surface area contributed by atoms with E-state index in [2.05, 4.69) is 36.5 Å². The quantitative estimate of drug-likeness (QED) is 0.752. The molecular weight excluding hydrogens is 340 g/mol. The number of aliphatic hydroxyl groups excluding tert-OH is 1. The Labute approximate surface area is 161 Å². The molecular formula is C21H30N4O2. The Hall–Kier alpha value is -2.34. The molecule has 0 saturated heterocycles. The van der Waals surface area contributed by atoms with Crippen LogP contribution in [0.3, 0.4) is 0 Å². The lowest BCUT2D eigenvalue weighted by Gasteiger charge is -2.47. The Morgan fingerprint density at radius 2 is 2.15 bits per heavy atom. The first-order valence-corrected chi connectivity index (χ1v) is 9.56. The lowest BCUT2D eigenvalue weighted by molar-refractivity contribution is 0.0446. The van der Waals surface area contributed by atoms with Crippen molar-refractivity contribution in [2.75, 3.05) is 11.9 Å². The van der Waals surface area contributed by atoms with Crippen LogP contribution in [0.1, 0.15) is 45.6 Å². The molecule has 1 aliphatic rings. The van der Waals surface area contributed by atoms with Gasteiger partial charge in [0, 0.05) is 18.1 Å². The second-order valence-corrected chi connectivity index (χ2v) is 8.78. The molecule has 3 N–H and O–H groups in total. The van der Waals surface area contributed by atoms with Gasteiger partial charge in [-0.25, -0.2) is 4.79 Å². The zero-order valence-electron chi connectivity index (χ0n) is 16.4. The average Bonchev–Trinajstić information content (AvgIpc) is 3.06. The minimum absolute atomic E-state index is 0.0481. The summed E-state index contributed by atoms with van der Waals surface area (Å²) in [5.41, 5.74) is 1.31. The van der Waals surface area contributed by atoms with Crippen LogP contribution >= 0.6 is 0 Å². The summed E-state index contributed by atoms with van der Waals surface area (Å²) in [5.74, 6) is 0.457. The summed E-state index contributed by atoms with van der Waals surface area (Å²) in [6, 6.07) is 9.35. The Bertz CT molecular complexity index is 772. The zero-order chi connectivity index (χ0) is 19.5. The van der Waals surface area contributed by atoms with E-state index in [9.17, 15) is 9.90 Å². The van der Waals surface area contributed by atoms with Gasteiger partial charge in [0.15, 0.2) is 0 Å². The number of rotatable bonds is 5. The lowest BCUT2D eigenvalue weighted by Crippen LogP contribution is -2.58. The van der Waals surface area contributed by atoms with Gasteiger partial charge in [-0.3, -0.25) is 4.68 Å². The van der Waals surface area contributed by atoms with Gasteiger partial charge in [-0.15, -0.1) is 0 Å². The Morgan fingerprint density at radius 1 is 1.33 bits per heavy atom. The first-order valence-electron chi connectivity index (χ1n) is 9.56. The molecule has 6 nitrogen and oxygen atoms in total. The van der Waals surface area contributed by atoms with E-state index < -0.39 is 5.54 Å². The molecule has 0 radical (unpaired) electrons. The summed E-state index contributed by atoms with van der Waals surface area (Å²) < 4.78 is 1.84. The minimum Gasteiger partial charge on any atom is -0.394 e. The zero-order valence-corrected chi connectivity index (χ0v) is 16.4. The fraction of sp³-hybridized carbons (Fsp3) is 0.524. The third-order valence-corrected chi connectivity index (χ3v) is 5.23. The van der Waals surface area contributed by atoms with Crippen LogP contribution < -0.4 is 10.6 Å². The maximum absolute atomic E-state index is 12.6. The molecule has 2 atom stereocenters. The van der Waals surface area contributed by atoms with E-state index in [0.717, 1.165) is 30.5 Å². The smallest absolute Gasteiger partial charge is 0.319 e. The van der Waals surface area contributed by atoms with Crippen molar-refractivity contribution in [2.45, 2.75) is 52.1 Å². The van der Waals surface area contributed by atoms with Crippen LogP contribution in [0.25, 0.3) is 0 Å². The maximum Gasteiger partial charge on any atom is 0.319 e. The molecule has 1 saturated carbocycles. The number of urea groups is 1. The van der Waals surface area contributed by atoms with Gasteiger partial charge in [-0.2, -0.15) is 5.10 Å². The highest BCUT2D eigenvalue weighted by Gasteiger charge is 2.43. The van der Waals surface area contributed by atoms with Gasteiger partial charge in [0.05, 0.1) is 18.7 Å². The maximum atomic E-state index is 12.6. The highest BCUT2D eigenvalue weighted by molar-refractivity contribution is 5.89. The Kier molecular flexibility index (Phi) is 5.56. The molecule has 0 spiro atoms. The number of amides is 2. The first kappa shape index (κ1) is 19.4. The predicted molar refractivity (Wildman–Crippen MR) is 107 cm³/mol. The first-order chi connectivity index (χ1) is 12.8. The number of benzene rings is 1. The van der Waals surface area contributed by atoms with Crippen molar-refractivity contribution in [3.05, 3.63) is 48.3 Å². The molecule has 3 rings (SSSR count).